The molecule has 26 heavy (non-hydrogen) atoms. The van der Waals surface area contributed by atoms with Crippen molar-refractivity contribution in [3.05, 3.63) is 35.9 Å². The second-order valence-corrected chi connectivity index (χ2v) is 8.22. The lowest BCUT2D eigenvalue weighted by molar-refractivity contribution is -0.158. The van der Waals surface area contributed by atoms with Crippen LogP contribution >= 0.6 is 0 Å². The van der Waals surface area contributed by atoms with E-state index in [0.717, 1.165) is 31.2 Å². The molecule has 4 rings (SSSR count). The van der Waals surface area contributed by atoms with E-state index in [9.17, 15) is 15.0 Å². The van der Waals surface area contributed by atoms with Crippen molar-refractivity contribution in [2.24, 2.45) is 5.92 Å². The highest BCUT2D eigenvalue weighted by molar-refractivity contribution is 5.82. The molecule has 2 saturated heterocycles. The number of hydrogen-bond acceptors (Lipinski definition) is 4. The van der Waals surface area contributed by atoms with Gasteiger partial charge in [-0.2, -0.15) is 0 Å². The first-order valence-corrected chi connectivity index (χ1v) is 10.1. The van der Waals surface area contributed by atoms with Crippen LogP contribution in [0.5, 0.6) is 0 Å². The van der Waals surface area contributed by atoms with Crippen molar-refractivity contribution < 1.29 is 15.0 Å². The topological polar surface area (TPSA) is 72.8 Å². The molecule has 0 radical (unpaired) electrons. The van der Waals surface area contributed by atoms with Gasteiger partial charge in [0.05, 0.1) is 17.7 Å². The van der Waals surface area contributed by atoms with Crippen LogP contribution in [0.15, 0.2) is 30.3 Å². The van der Waals surface area contributed by atoms with E-state index in [2.05, 4.69) is 5.32 Å². The number of piperidine rings is 2. The van der Waals surface area contributed by atoms with E-state index in [4.69, 9.17) is 0 Å². The first-order valence-electron chi connectivity index (χ1n) is 10.1. The third kappa shape index (κ3) is 3.17. The average molecular weight is 358 g/mol. The Kier molecular flexibility index (Phi) is 5.04. The molecule has 142 valence electrons. The maximum atomic E-state index is 13.2. The van der Waals surface area contributed by atoms with Gasteiger partial charge in [0.25, 0.3) is 0 Å². The van der Waals surface area contributed by atoms with Gasteiger partial charge in [-0.05, 0) is 44.2 Å². The quantitative estimate of drug-likeness (QED) is 0.754. The van der Waals surface area contributed by atoms with Crippen LogP contribution in [0.1, 0.15) is 50.5 Å². The molecular formula is C21H30N2O3. The molecule has 1 unspecified atom stereocenters. The van der Waals surface area contributed by atoms with Crippen LogP contribution in [0.2, 0.25) is 0 Å². The molecular weight excluding hydrogens is 328 g/mol. The Labute approximate surface area is 155 Å². The van der Waals surface area contributed by atoms with Crippen LogP contribution in [0.3, 0.4) is 0 Å². The first kappa shape index (κ1) is 18.0. The zero-order chi connectivity index (χ0) is 18.1. The summed E-state index contributed by atoms with van der Waals surface area (Å²) in [5.41, 5.74) is 0.137. The Morgan fingerprint density at radius 2 is 1.92 bits per heavy atom. The number of likely N-dealkylation sites (tertiary alicyclic amines) is 1. The molecule has 1 aromatic carbocycles. The number of amides is 1. The molecule has 5 heteroatoms. The number of fused-ring (bicyclic) bond motifs is 1. The first-order chi connectivity index (χ1) is 12.6. The van der Waals surface area contributed by atoms with Gasteiger partial charge >= 0.3 is 0 Å². The number of carbonyl (C=O) groups is 1. The van der Waals surface area contributed by atoms with Gasteiger partial charge in [-0.15, -0.1) is 0 Å². The molecule has 2 heterocycles. The zero-order valence-electron chi connectivity index (χ0n) is 15.3. The van der Waals surface area contributed by atoms with Gasteiger partial charge < -0.3 is 20.4 Å². The molecule has 1 aliphatic carbocycles. The van der Waals surface area contributed by atoms with Crippen molar-refractivity contribution in [2.75, 3.05) is 13.1 Å². The Hall–Kier alpha value is -1.43. The fraction of sp³-hybridized carbons (Fsp3) is 0.667. The maximum Gasteiger partial charge on any atom is 0.240 e. The van der Waals surface area contributed by atoms with Crippen molar-refractivity contribution in [1.29, 1.82) is 0 Å². The van der Waals surface area contributed by atoms with Crippen LogP contribution in [-0.2, 0) is 10.4 Å². The van der Waals surface area contributed by atoms with Gasteiger partial charge in [-0.25, -0.2) is 0 Å². The third-order valence-electron chi connectivity index (χ3n) is 6.71. The van der Waals surface area contributed by atoms with E-state index < -0.39 is 11.7 Å². The predicted octanol–water partition coefficient (Wildman–Crippen LogP) is 1.78. The van der Waals surface area contributed by atoms with Crippen LogP contribution in [0.25, 0.3) is 0 Å². The number of benzene rings is 1. The van der Waals surface area contributed by atoms with E-state index in [0.29, 0.717) is 32.4 Å². The maximum absolute atomic E-state index is 13.2. The highest BCUT2D eigenvalue weighted by Gasteiger charge is 2.51. The Morgan fingerprint density at radius 3 is 2.69 bits per heavy atom. The number of hydrogen-bond donors (Lipinski definition) is 3. The number of rotatable bonds is 2. The molecule has 3 aliphatic rings. The lowest BCUT2D eigenvalue weighted by Gasteiger charge is -2.53. The second-order valence-electron chi connectivity index (χ2n) is 8.22. The van der Waals surface area contributed by atoms with Gasteiger partial charge in [-0.1, -0.05) is 43.2 Å². The third-order valence-corrected chi connectivity index (χ3v) is 6.71. The largest absolute Gasteiger partial charge is 0.393 e. The fourth-order valence-corrected chi connectivity index (χ4v) is 5.33. The Morgan fingerprint density at radius 1 is 1.15 bits per heavy atom. The summed E-state index contributed by atoms with van der Waals surface area (Å²) in [5, 5.41) is 24.8. The van der Waals surface area contributed by atoms with E-state index in [1.807, 2.05) is 35.2 Å². The van der Waals surface area contributed by atoms with Crippen LogP contribution in [0, 0.1) is 5.92 Å². The van der Waals surface area contributed by atoms with Crippen molar-refractivity contribution in [3.63, 3.8) is 0 Å². The molecule has 1 saturated carbocycles. The van der Waals surface area contributed by atoms with Gasteiger partial charge in [0.1, 0.15) is 0 Å². The van der Waals surface area contributed by atoms with Crippen LogP contribution < -0.4 is 5.32 Å². The number of nitrogens with one attached hydrogen (secondary N) is 1. The highest BCUT2D eigenvalue weighted by Crippen LogP contribution is 2.47. The summed E-state index contributed by atoms with van der Waals surface area (Å²) in [6.07, 6.45) is 5.54. The highest BCUT2D eigenvalue weighted by atomic mass is 16.3. The van der Waals surface area contributed by atoms with Crippen molar-refractivity contribution in [1.82, 2.24) is 10.2 Å². The van der Waals surface area contributed by atoms with E-state index in [1.165, 1.54) is 0 Å². The smallest absolute Gasteiger partial charge is 0.240 e. The molecule has 5 atom stereocenters. The van der Waals surface area contributed by atoms with Crippen molar-refractivity contribution >= 4 is 5.91 Å². The summed E-state index contributed by atoms with van der Waals surface area (Å²) in [4.78, 5) is 15.2. The van der Waals surface area contributed by atoms with Crippen LogP contribution in [-0.4, -0.2) is 52.3 Å². The standard InChI is InChI=1S/C21H30N2O3/c24-16-10-12-22-18(14-16)20(25)23-13-11-21(26,15-6-2-1-3-7-15)17-8-4-5-9-19(17)23/h1-3,6-7,16-19,22,24,26H,4-5,8-14H2/t16-,17+,18-,19-,21?/m0/s1. The molecule has 0 spiro atoms. The molecule has 3 N–H and O–H groups in total. The van der Waals surface area contributed by atoms with Gasteiger partial charge in [-0.3, -0.25) is 4.79 Å². The molecule has 5 nitrogen and oxygen atoms in total. The normalized spacial score (nSPS) is 37.8. The van der Waals surface area contributed by atoms with E-state index in [-0.39, 0.29) is 23.9 Å². The minimum absolute atomic E-state index is 0.0878. The molecule has 0 aromatic heterocycles. The SMILES string of the molecule is O=C([C@@H]1C[C@@H](O)CCN1)N1CCC(O)(c2ccccc2)[C@@H]2CCCC[C@@H]21. The molecule has 3 fully saturated rings. The van der Waals surface area contributed by atoms with Crippen molar-refractivity contribution in [3.8, 4) is 0 Å². The van der Waals surface area contributed by atoms with Crippen LogP contribution in [0.4, 0.5) is 0 Å². The minimum Gasteiger partial charge on any atom is -0.393 e. The van der Waals surface area contributed by atoms with Gasteiger partial charge in [0.15, 0.2) is 0 Å². The number of aliphatic hydroxyl groups is 2. The minimum atomic E-state index is -0.845. The summed E-state index contributed by atoms with van der Waals surface area (Å²) in [5.74, 6) is 0.195. The van der Waals surface area contributed by atoms with Gasteiger partial charge in [0.2, 0.25) is 5.91 Å². The number of aliphatic hydroxyl groups excluding tert-OH is 1. The average Bonchev–Trinajstić information content (AvgIpc) is 2.69. The second kappa shape index (κ2) is 7.29. The molecule has 1 aromatic rings. The summed E-state index contributed by atoms with van der Waals surface area (Å²) >= 11 is 0. The molecule has 2 aliphatic heterocycles. The summed E-state index contributed by atoms with van der Waals surface area (Å²) < 4.78 is 0. The monoisotopic (exact) mass is 358 g/mol. The fourth-order valence-electron chi connectivity index (χ4n) is 5.33. The lowest BCUT2D eigenvalue weighted by Crippen LogP contribution is -2.62. The van der Waals surface area contributed by atoms with E-state index >= 15 is 0 Å². The predicted molar refractivity (Wildman–Crippen MR) is 99.4 cm³/mol. The Bertz CT molecular complexity index is 637. The van der Waals surface area contributed by atoms with E-state index in [1.54, 1.807) is 0 Å². The summed E-state index contributed by atoms with van der Waals surface area (Å²) in [6.45, 7) is 1.27. The number of carbonyl (C=O) groups excluding carboxylic acids is 1. The zero-order valence-corrected chi connectivity index (χ0v) is 15.3. The molecule has 0 bridgehead atoms. The summed E-state index contributed by atoms with van der Waals surface area (Å²) in [6, 6.07) is 9.78. The summed E-state index contributed by atoms with van der Waals surface area (Å²) in [7, 11) is 0. The van der Waals surface area contributed by atoms with Gasteiger partial charge in [0, 0.05) is 18.5 Å². The lowest BCUT2D eigenvalue weighted by atomic mass is 9.66. The number of nitrogens with zero attached hydrogens (tertiary/aromatic N) is 1. The Balaban J connectivity index is 1.58. The molecule has 1 amide bonds. The van der Waals surface area contributed by atoms with Crippen molar-refractivity contribution in [2.45, 2.75) is 68.7 Å².